The van der Waals surface area contributed by atoms with Crippen molar-refractivity contribution in [1.29, 1.82) is 0 Å². The van der Waals surface area contributed by atoms with Gasteiger partial charge in [0.1, 0.15) is 17.0 Å². The van der Waals surface area contributed by atoms with Crippen LogP contribution < -0.4 is 0 Å². The fourth-order valence-corrected chi connectivity index (χ4v) is 4.62. The van der Waals surface area contributed by atoms with E-state index in [4.69, 9.17) is 4.98 Å². The summed E-state index contributed by atoms with van der Waals surface area (Å²) in [7, 11) is 0. The molecule has 1 saturated heterocycles. The monoisotopic (exact) mass is 351 g/mol. The highest BCUT2D eigenvalue weighted by Crippen LogP contribution is 2.31. The van der Waals surface area contributed by atoms with Crippen LogP contribution in [0, 0.1) is 6.92 Å². The third-order valence-electron chi connectivity index (χ3n) is 6.03. The Bertz CT molecular complexity index is 975. The topological polar surface area (TPSA) is 70.0 Å². The molecule has 136 valence electrons. The molecule has 2 N–H and O–H groups in total. The molecule has 0 aromatic carbocycles. The number of fused-ring (bicyclic) bond motifs is 3. The number of aryl methyl sites for hydroxylation is 1. The van der Waals surface area contributed by atoms with Crippen LogP contribution in [0.4, 0.5) is 0 Å². The van der Waals surface area contributed by atoms with E-state index in [-0.39, 0.29) is 6.10 Å². The van der Waals surface area contributed by atoms with E-state index in [1.807, 2.05) is 12.4 Å². The van der Waals surface area contributed by atoms with Gasteiger partial charge in [0.2, 0.25) is 0 Å². The van der Waals surface area contributed by atoms with Crippen LogP contribution in [0.3, 0.4) is 0 Å². The summed E-state index contributed by atoms with van der Waals surface area (Å²) in [6, 6.07) is 2.71. The van der Waals surface area contributed by atoms with Gasteiger partial charge in [0, 0.05) is 36.9 Å². The molecule has 6 heteroatoms. The van der Waals surface area contributed by atoms with Crippen LogP contribution in [0.5, 0.6) is 0 Å². The van der Waals surface area contributed by atoms with Crippen molar-refractivity contribution in [1.82, 2.24) is 24.4 Å². The molecule has 0 spiro atoms. The molecule has 1 unspecified atom stereocenters. The zero-order chi connectivity index (χ0) is 17.7. The predicted molar refractivity (Wildman–Crippen MR) is 103 cm³/mol. The first-order valence-electron chi connectivity index (χ1n) is 9.61. The van der Waals surface area contributed by atoms with Crippen LogP contribution in [0.2, 0.25) is 0 Å². The molecule has 1 aliphatic heterocycles. The molecule has 1 aliphatic carbocycles. The third-order valence-corrected chi connectivity index (χ3v) is 6.03. The third kappa shape index (κ3) is 2.64. The Kier molecular flexibility index (Phi) is 3.83. The molecule has 2 fully saturated rings. The number of imidazole rings is 1. The number of nitrogens with one attached hydrogen (secondary N) is 1. The smallest absolute Gasteiger partial charge is 0.139 e. The fourth-order valence-electron chi connectivity index (χ4n) is 4.62. The van der Waals surface area contributed by atoms with Gasteiger partial charge in [-0.05, 0) is 45.1 Å². The highest BCUT2D eigenvalue weighted by atomic mass is 16.3. The summed E-state index contributed by atoms with van der Waals surface area (Å²) < 4.78 is 2.24. The molecular weight excluding hydrogens is 326 g/mol. The van der Waals surface area contributed by atoms with Gasteiger partial charge in [0.05, 0.1) is 17.8 Å². The average molecular weight is 351 g/mol. The summed E-state index contributed by atoms with van der Waals surface area (Å²) in [4.78, 5) is 14.8. The number of nitrogens with zero attached hydrogens (tertiary/aromatic N) is 4. The number of pyridine rings is 1. The lowest BCUT2D eigenvalue weighted by atomic mass is 9.90. The SMILES string of the molecule is Cc1nc2cnc3[nH]ccc3c2n1C=C1CCC(N2CCC(O)C2)CC1. The lowest BCUT2D eigenvalue weighted by molar-refractivity contribution is 0.148. The van der Waals surface area contributed by atoms with E-state index >= 15 is 0 Å². The van der Waals surface area contributed by atoms with Gasteiger partial charge in [0.15, 0.2) is 0 Å². The van der Waals surface area contributed by atoms with Crippen LogP contribution in [0.15, 0.2) is 24.0 Å². The Morgan fingerprint density at radius 1 is 1.27 bits per heavy atom. The van der Waals surface area contributed by atoms with Crippen LogP contribution >= 0.6 is 0 Å². The molecule has 0 amide bonds. The van der Waals surface area contributed by atoms with E-state index in [1.54, 1.807) is 0 Å². The number of β-amino-alcohol motifs (C(OH)–C–C–N with tert-alkyl or cyclic N) is 1. The molecule has 3 aromatic rings. The maximum Gasteiger partial charge on any atom is 0.139 e. The van der Waals surface area contributed by atoms with Crippen LogP contribution in [0.25, 0.3) is 28.3 Å². The summed E-state index contributed by atoms with van der Waals surface area (Å²) in [5, 5.41) is 10.9. The van der Waals surface area contributed by atoms with Crippen molar-refractivity contribution in [3.05, 3.63) is 29.9 Å². The summed E-state index contributed by atoms with van der Waals surface area (Å²) in [5.74, 6) is 1.01. The van der Waals surface area contributed by atoms with Crippen molar-refractivity contribution in [3.63, 3.8) is 0 Å². The minimum atomic E-state index is -0.121. The first-order chi connectivity index (χ1) is 12.7. The maximum absolute atomic E-state index is 9.78. The highest BCUT2D eigenvalue weighted by Gasteiger charge is 2.29. The minimum absolute atomic E-state index is 0.121. The van der Waals surface area contributed by atoms with Crippen molar-refractivity contribution < 1.29 is 5.11 Å². The van der Waals surface area contributed by atoms with Crippen molar-refractivity contribution in [3.8, 4) is 0 Å². The van der Waals surface area contributed by atoms with Crippen molar-refractivity contribution in [2.45, 2.75) is 51.2 Å². The number of aromatic nitrogens is 4. The van der Waals surface area contributed by atoms with E-state index in [1.165, 1.54) is 18.4 Å². The highest BCUT2D eigenvalue weighted by molar-refractivity contribution is 6.02. The first kappa shape index (κ1) is 16.0. The van der Waals surface area contributed by atoms with Gasteiger partial charge in [-0.25, -0.2) is 9.97 Å². The molecule has 0 radical (unpaired) electrons. The maximum atomic E-state index is 9.78. The lowest BCUT2D eigenvalue weighted by Crippen LogP contribution is -2.35. The quantitative estimate of drug-likeness (QED) is 0.744. The van der Waals surface area contributed by atoms with E-state index in [9.17, 15) is 5.11 Å². The molecule has 0 bridgehead atoms. The molecule has 2 aliphatic rings. The molecule has 4 heterocycles. The normalized spacial score (nSPS) is 24.8. The predicted octanol–water partition coefficient (Wildman–Crippen LogP) is 3.07. The van der Waals surface area contributed by atoms with Gasteiger partial charge in [-0.3, -0.25) is 4.90 Å². The largest absolute Gasteiger partial charge is 0.392 e. The summed E-state index contributed by atoms with van der Waals surface area (Å²) in [5.41, 5.74) is 4.49. The lowest BCUT2D eigenvalue weighted by Gasteiger charge is -2.32. The van der Waals surface area contributed by atoms with E-state index in [0.29, 0.717) is 6.04 Å². The number of hydrogen-bond donors (Lipinski definition) is 2. The zero-order valence-electron chi connectivity index (χ0n) is 15.1. The Labute approximate surface area is 152 Å². The van der Waals surface area contributed by atoms with Gasteiger partial charge < -0.3 is 14.7 Å². The first-order valence-corrected chi connectivity index (χ1v) is 9.61. The van der Waals surface area contributed by atoms with Gasteiger partial charge in [-0.15, -0.1) is 0 Å². The second-order valence-corrected chi connectivity index (χ2v) is 7.72. The standard InChI is InChI=1S/C20H25N5O/c1-13-23-18-10-22-20-17(6-8-21-20)19(18)25(13)11-14-2-4-15(5-3-14)24-9-7-16(26)12-24/h6,8,10-11,15-16,26H,2-5,7,9,12H2,1H3,(H,21,22). The number of aliphatic hydroxyl groups is 1. The molecule has 5 rings (SSSR count). The Balaban J connectivity index is 1.43. The number of rotatable bonds is 2. The summed E-state index contributed by atoms with van der Waals surface area (Å²) in [6.07, 6.45) is 11.5. The van der Waals surface area contributed by atoms with Crippen LogP contribution in [-0.2, 0) is 0 Å². The zero-order valence-corrected chi connectivity index (χ0v) is 15.1. The number of allylic oxidation sites excluding steroid dienone is 1. The average Bonchev–Trinajstić information content (AvgIpc) is 3.35. The van der Waals surface area contributed by atoms with Crippen molar-refractivity contribution in [2.75, 3.05) is 13.1 Å². The van der Waals surface area contributed by atoms with E-state index in [2.05, 4.69) is 38.6 Å². The van der Waals surface area contributed by atoms with Gasteiger partial charge in [0.25, 0.3) is 0 Å². The molecule has 6 nitrogen and oxygen atoms in total. The van der Waals surface area contributed by atoms with Gasteiger partial charge >= 0.3 is 0 Å². The number of aliphatic hydroxyl groups excluding tert-OH is 1. The second kappa shape index (κ2) is 6.21. The van der Waals surface area contributed by atoms with Crippen molar-refractivity contribution >= 4 is 28.3 Å². The van der Waals surface area contributed by atoms with Crippen LogP contribution in [-0.4, -0.2) is 54.8 Å². The van der Waals surface area contributed by atoms with Gasteiger partial charge in [-0.1, -0.05) is 5.57 Å². The molecule has 3 aromatic heterocycles. The molecule has 1 saturated carbocycles. The number of likely N-dealkylation sites (tertiary alicyclic amines) is 1. The van der Waals surface area contributed by atoms with Crippen molar-refractivity contribution in [2.24, 2.45) is 0 Å². The molecule has 26 heavy (non-hydrogen) atoms. The Morgan fingerprint density at radius 3 is 2.88 bits per heavy atom. The van der Waals surface area contributed by atoms with E-state index in [0.717, 1.165) is 60.2 Å². The number of aromatic amines is 1. The number of hydrogen-bond acceptors (Lipinski definition) is 4. The molecule has 1 atom stereocenters. The van der Waals surface area contributed by atoms with Gasteiger partial charge in [-0.2, -0.15) is 0 Å². The molecular formula is C20H25N5O. The number of H-pyrrole nitrogens is 1. The summed E-state index contributed by atoms with van der Waals surface area (Å²) in [6.45, 7) is 3.97. The Morgan fingerprint density at radius 2 is 2.12 bits per heavy atom. The summed E-state index contributed by atoms with van der Waals surface area (Å²) >= 11 is 0. The fraction of sp³-hybridized carbons (Fsp3) is 0.500. The second-order valence-electron chi connectivity index (χ2n) is 7.72. The van der Waals surface area contributed by atoms with Crippen LogP contribution in [0.1, 0.15) is 37.9 Å². The van der Waals surface area contributed by atoms with E-state index < -0.39 is 0 Å². The Hall–Kier alpha value is -2.18. The minimum Gasteiger partial charge on any atom is -0.392 e.